The number of nitrogens with one attached hydrogen (secondary N) is 1. The van der Waals surface area contributed by atoms with Gasteiger partial charge in [0.2, 0.25) is 16.0 Å². The Hall–Kier alpha value is -2.11. The van der Waals surface area contributed by atoms with Gasteiger partial charge in [0.05, 0.1) is 17.9 Å². The van der Waals surface area contributed by atoms with Gasteiger partial charge in [-0.25, -0.2) is 22.1 Å². The fraction of sp³-hybridized carbons (Fsp3) is 0.632. The zero-order valence-corrected chi connectivity index (χ0v) is 17.8. The van der Waals surface area contributed by atoms with Crippen molar-refractivity contribution in [2.45, 2.75) is 56.7 Å². The van der Waals surface area contributed by atoms with E-state index in [9.17, 15) is 22.7 Å². The number of piperidine rings is 1. The van der Waals surface area contributed by atoms with Crippen molar-refractivity contribution in [1.29, 1.82) is 0 Å². The zero-order valence-electron chi connectivity index (χ0n) is 17.0. The van der Waals surface area contributed by atoms with Gasteiger partial charge in [-0.15, -0.1) is 0 Å². The maximum absolute atomic E-state index is 14.3. The SMILES string of the molecule is C[C@]1(O)CCC[C@@H]1n1c(=O)c(F)cc2cnc(NC3CCN(S(C)(=O)=O)CC3)nc21. The molecule has 2 N–H and O–H groups in total. The van der Waals surface area contributed by atoms with Crippen molar-refractivity contribution in [3.8, 4) is 0 Å². The molecule has 1 saturated carbocycles. The Morgan fingerprint density at radius 3 is 2.60 bits per heavy atom. The van der Waals surface area contributed by atoms with E-state index in [4.69, 9.17) is 0 Å². The molecule has 2 aliphatic rings. The van der Waals surface area contributed by atoms with Crippen LogP contribution in [-0.4, -0.2) is 63.4 Å². The van der Waals surface area contributed by atoms with E-state index in [-0.39, 0.29) is 17.6 Å². The maximum atomic E-state index is 14.3. The third-order valence-corrected chi connectivity index (χ3v) is 7.48. The van der Waals surface area contributed by atoms with Crippen molar-refractivity contribution in [2.75, 3.05) is 24.7 Å². The predicted octanol–water partition coefficient (Wildman–Crippen LogP) is 1.24. The second-order valence-corrected chi connectivity index (χ2v) is 10.5. The molecule has 11 heteroatoms. The second kappa shape index (κ2) is 7.54. The van der Waals surface area contributed by atoms with E-state index < -0.39 is 33.0 Å². The third-order valence-electron chi connectivity index (χ3n) is 6.18. The summed E-state index contributed by atoms with van der Waals surface area (Å²) in [4.78, 5) is 21.3. The first kappa shape index (κ1) is 21.1. The molecule has 30 heavy (non-hydrogen) atoms. The fourth-order valence-electron chi connectivity index (χ4n) is 4.50. The molecule has 1 aliphatic heterocycles. The van der Waals surface area contributed by atoms with Crippen LogP contribution in [0.4, 0.5) is 10.3 Å². The van der Waals surface area contributed by atoms with Crippen LogP contribution in [0.2, 0.25) is 0 Å². The molecule has 2 aromatic rings. The Balaban J connectivity index is 1.65. The lowest BCUT2D eigenvalue weighted by molar-refractivity contribution is 0.0263. The summed E-state index contributed by atoms with van der Waals surface area (Å²) >= 11 is 0. The van der Waals surface area contributed by atoms with Crippen LogP contribution in [0, 0.1) is 5.82 Å². The van der Waals surface area contributed by atoms with E-state index in [1.54, 1.807) is 6.92 Å². The summed E-state index contributed by atoms with van der Waals surface area (Å²) in [6, 6.07) is 0.534. The van der Waals surface area contributed by atoms with Crippen molar-refractivity contribution >= 4 is 27.0 Å². The molecule has 164 valence electrons. The normalized spacial score (nSPS) is 26.3. The molecular weight excluding hydrogens is 413 g/mol. The Bertz CT molecular complexity index is 1130. The van der Waals surface area contributed by atoms with Crippen LogP contribution in [0.5, 0.6) is 0 Å². The molecule has 9 nitrogen and oxygen atoms in total. The second-order valence-electron chi connectivity index (χ2n) is 8.49. The molecular formula is C19H26FN5O4S. The van der Waals surface area contributed by atoms with Crippen LogP contribution in [-0.2, 0) is 10.0 Å². The summed E-state index contributed by atoms with van der Waals surface area (Å²) in [5, 5.41) is 14.3. The van der Waals surface area contributed by atoms with Gasteiger partial charge in [-0.05, 0) is 45.1 Å². The number of aromatic nitrogens is 3. The van der Waals surface area contributed by atoms with E-state index in [2.05, 4.69) is 15.3 Å². The molecule has 4 rings (SSSR count). The van der Waals surface area contributed by atoms with E-state index >= 15 is 0 Å². The Labute approximate surface area is 174 Å². The number of halogens is 1. The molecule has 0 radical (unpaired) electrons. The van der Waals surface area contributed by atoms with Crippen LogP contribution in [0.1, 0.15) is 45.1 Å². The van der Waals surface area contributed by atoms with Crippen molar-refractivity contribution in [1.82, 2.24) is 18.8 Å². The summed E-state index contributed by atoms with van der Waals surface area (Å²) in [5.41, 5.74) is -1.65. The number of pyridine rings is 1. The number of nitrogens with zero attached hydrogens (tertiary/aromatic N) is 4. The number of anilines is 1. The minimum absolute atomic E-state index is 0.0179. The lowest BCUT2D eigenvalue weighted by Crippen LogP contribution is -2.42. The van der Waals surface area contributed by atoms with Crippen molar-refractivity contribution in [3.63, 3.8) is 0 Å². The third kappa shape index (κ3) is 3.93. The van der Waals surface area contributed by atoms with Gasteiger partial charge in [0.1, 0.15) is 5.65 Å². The van der Waals surface area contributed by atoms with Crippen LogP contribution in [0.3, 0.4) is 0 Å². The first-order valence-electron chi connectivity index (χ1n) is 10.1. The average molecular weight is 440 g/mol. The maximum Gasteiger partial charge on any atom is 0.288 e. The quantitative estimate of drug-likeness (QED) is 0.736. The predicted molar refractivity (Wildman–Crippen MR) is 110 cm³/mol. The standard InChI is InChI=1S/C19H26FN5O4S/c1-19(27)7-3-4-15(19)25-16-12(10-14(20)17(25)26)11-21-18(23-16)22-13-5-8-24(9-6-13)30(2,28)29/h10-11,13,15,27H,3-9H2,1-2H3,(H,21,22,23)/t15-,19-/m0/s1. The first-order valence-corrected chi connectivity index (χ1v) is 11.9. The van der Waals surface area contributed by atoms with Crippen molar-refractivity contribution < 1.29 is 17.9 Å². The van der Waals surface area contributed by atoms with Crippen LogP contribution < -0.4 is 10.9 Å². The smallest absolute Gasteiger partial charge is 0.288 e. The number of sulfonamides is 1. The van der Waals surface area contributed by atoms with E-state index in [1.807, 2.05) is 0 Å². The molecule has 0 unspecified atom stereocenters. The summed E-state index contributed by atoms with van der Waals surface area (Å²) in [5.74, 6) is -0.611. The Morgan fingerprint density at radius 1 is 1.30 bits per heavy atom. The summed E-state index contributed by atoms with van der Waals surface area (Å²) in [6.07, 6.45) is 5.67. The lowest BCUT2D eigenvalue weighted by Gasteiger charge is -2.31. The number of fused-ring (bicyclic) bond motifs is 1. The largest absolute Gasteiger partial charge is 0.388 e. The first-order chi connectivity index (χ1) is 14.1. The Morgan fingerprint density at radius 2 is 2.00 bits per heavy atom. The van der Waals surface area contributed by atoms with Crippen molar-refractivity contribution in [3.05, 3.63) is 28.4 Å². The number of hydrogen-bond acceptors (Lipinski definition) is 7. The molecule has 0 spiro atoms. The lowest BCUT2D eigenvalue weighted by atomic mass is 10.00. The van der Waals surface area contributed by atoms with Crippen molar-refractivity contribution in [2.24, 2.45) is 0 Å². The molecule has 1 saturated heterocycles. The van der Waals surface area contributed by atoms with Gasteiger partial charge in [-0.1, -0.05) is 0 Å². The highest BCUT2D eigenvalue weighted by atomic mass is 32.2. The van der Waals surface area contributed by atoms with E-state index in [1.165, 1.54) is 21.3 Å². The number of hydrogen-bond donors (Lipinski definition) is 2. The van der Waals surface area contributed by atoms with Crippen LogP contribution in [0.25, 0.3) is 11.0 Å². The Kier molecular flexibility index (Phi) is 5.31. The van der Waals surface area contributed by atoms with E-state index in [0.717, 1.165) is 12.5 Å². The minimum atomic E-state index is -3.21. The van der Waals surface area contributed by atoms with Gasteiger partial charge in [0.15, 0.2) is 5.82 Å². The molecule has 1 aliphatic carbocycles. The summed E-state index contributed by atoms with van der Waals surface area (Å²) in [7, 11) is -3.21. The molecule has 3 heterocycles. The topological polar surface area (TPSA) is 117 Å². The number of rotatable bonds is 4. The zero-order chi connectivity index (χ0) is 21.7. The monoisotopic (exact) mass is 439 g/mol. The van der Waals surface area contributed by atoms with Gasteiger partial charge in [0.25, 0.3) is 5.56 Å². The van der Waals surface area contributed by atoms with E-state index in [0.29, 0.717) is 44.2 Å². The molecule has 0 amide bonds. The van der Waals surface area contributed by atoms with Crippen LogP contribution in [0.15, 0.2) is 17.1 Å². The van der Waals surface area contributed by atoms with Gasteiger partial charge in [-0.2, -0.15) is 4.98 Å². The highest BCUT2D eigenvalue weighted by molar-refractivity contribution is 7.88. The van der Waals surface area contributed by atoms with Crippen LogP contribution >= 0.6 is 0 Å². The summed E-state index contributed by atoms with van der Waals surface area (Å²) < 4.78 is 40.3. The van der Waals surface area contributed by atoms with Gasteiger partial charge >= 0.3 is 0 Å². The highest BCUT2D eigenvalue weighted by Gasteiger charge is 2.40. The molecule has 2 fully saturated rings. The van der Waals surface area contributed by atoms with Gasteiger partial charge < -0.3 is 10.4 Å². The molecule has 0 bridgehead atoms. The average Bonchev–Trinajstić information content (AvgIpc) is 3.02. The fourth-order valence-corrected chi connectivity index (χ4v) is 5.37. The molecule has 2 atom stereocenters. The number of aliphatic hydroxyl groups is 1. The summed E-state index contributed by atoms with van der Waals surface area (Å²) in [6.45, 7) is 2.47. The molecule has 0 aromatic carbocycles. The molecule has 2 aromatic heterocycles. The highest BCUT2D eigenvalue weighted by Crippen LogP contribution is 2.39. The van der Waals surface area contributed by atoms with Gasteiger partial charge in [0, 0.05) is 30.7 Å². The minimum Gasteiger partial charge on any atom is -0.388 e. The van der Waals surface area contributed by atoms with Gasteiger partial charge in [-0.3, -0.25) is 9.36 Å².